The van der Waals surface area contributed by atoms with Crippen LogP contribution < -0.4 is 15.8 Å². The third-order valence-corrected chi connectivity index (χ3v) is 8.12. The molecular weight excluding hydrogens is 559 g/mol. The second-order valence-electron chi connectivity index (χ2n) is 11.2. The first-order chi connectivity index (χ1) is 19.1. The molecule has 13 heteroatoms. The minimum atomic E-state index is -5.19. The fraction of sp³-hybridized carbons (Fsp3) is 0.464. The first-order valence-electron chi connectivity index (χ1n) is 13.0. The molecule has 9 nitrogen and oxygen atoms in total. The van der Waals surface area contributed by atoms with E-state index in [1.165, 1.54) is 0 Å². The number of ether oxygens (including phenoxy) is 2. The van der Waals surface area contributed by atoms with Crippen LogP contribution in [0.15, 0.2) is 36.7 Å². The van der Waals surface area contributed by atoms with Crippen molar-refractivity contribution < 1.29 is 32.2 Å². The lowest BCUT2D eigenvalue weighted by Gasteiger charge is -2.46. The molecule has 2 heterocycles. The third-order valence-electron chi connectivity index (χ3n) is 6.88. The molecule has 0 spiro atoms. The molecule has 1 aliphatic rings. The summed E-state index contributed by atoms with van der Waals surface area (Å²) in [5.74, 6) is -2.68. The van der Waals surface area contributed by atoms with Gasteiger partial charge in [-0.05, 0) is 68.7 Å². The van der Waals surface area contributed by atoms with E-state index in [0.29, 0.717) is 22.4 Å². The van der Waals surface area contributed by atoms with E-state index in [0.717, 1.165) is 22.5 Å². The maximum Gasteiger partial charge on any atom is 0.490 e. The molecule has 41 heavy (non-hydrogen) atoms. The average molecular weight is 592 g/mol. The molecule has 1 amide bonds. The summed E-state index contributed by atoms with van der Waals surface area (Å²) in [6, 6.07) is 7.30. The number of hydrogen-bond donors (Lipinski definition) is 2. The van der Waals surface area contributed by atoms with Crippen LogP contribution in [0, 0.1) is 18.3 Å². The van der Waals surface area contributed by atoms with Crippen molar-refractivity contribution >= 4 is 34.8 Å². The number of primary amides is 1. The number of carbonyl (C=O) groups excluding carboxylic acids is 2. The Morgan fingerprint density at radius 1 is 1.20 bits per heavy atom. The van der Waals surface area contributed by atoms with Gasteiger partial charge in [0.05, 0.1) is 11.0 Å². The summed E-state index contributed by atoms with van der Waals surface area (Å²) in [6.07, 6.45) is -2.04. The number of carbonyl (C=O) groups is 2. The van der Waals surface area contributed by atoms with Crippen molar-refractivity contribution in [3.8, 4) is 16.3 Å². The first kappa shape index (κ1) is 30.2. The molecular formula is C28H32F3N5O4S. The molecule has 0 radical (unpaired) electrons. The highest BCUT2D eigenvalue weighted by atomic mass is 32.1. The number of rotatable bonds is 8. The fourth-order valence-electron chi connectivity index (χ4n) is 5.25. The number of hydrogen-bond acceptors (Lipinski definition) is 9. The van der Waals surface area contributed by atoms with Crippen molar-refractivity contribution in [2.45, 2.75) is 71.8 Å². The van der Waals surface area contributed by atoms with Crippen LogP contribution >= 0.6 is 11.3 Å². The normalized spacial score (nSPS) is 20.5. The second-order valence-corrected chi connectivity index (χ2v) is 12.2. The molecule has 0 bridgehead atoms. The van der Waals surface area contributed by atoms with Crippen LogP contribution in [-0.2, 0) is 19.9 Å². The Hall–Kier alpha value is -3.74. The molecule has 2 aromatic heterocycles. The van der Waals surface area contributed by atoms with Gasteiger partial charge in [-0.25, -0.2) is 14.8 Å². The summed E-state index contributed by atoms with van der Waals surface area (Å²) in [5.41, 5.74) is 5.39. The van der Waals surface area contributed by atoms with E-state index in [1.807, 2.05) is 39.0 Å². The number of aromatic nitrogens is 3. The van der Waals surface area contributed by atoms with Crippen LogP contribution in [0.1, 0.15) is 57.5 Å². The SMILES string of the molecule is Cc1cc(Nc2nccc(OC(C)C)n2)cc(-c2cnc([C@@]3(OC(=O)C(F)(F)F)CC[C@H](C(N)=O)C(C)(C)C3)s2)c1. The highest BCUT2D eigenvalue weighted by Crippen LogP contribution is 2.53. The summed E-state index contributed by atoms with van der Waals surface area (Å²) < 4.78 is 50.8. The predicted molar refractivity (Wildman–Crippen MR) is 148 cm³/mol. The zero-order valence-corrected chi connectivity index (χ0v) is 24.2. The maximum absolute atomic E-state index is 13.3. The molecule has 1 aliphatic carbocycles. The van der Waals surface area contributed by atoms with E-state index < -0.39 is 35.0 Å². The number of anilines is 2. The van der Waals surface area contributed by atoms with Crippen LogP contribution in [0.5, 0.6) is 5.88 Å². The van der Waals surface area contributed by atoms with Crippen molar-refractivity contribution in [1.82, 2.24) is 15.0 Å². The van der Waals surface area contributed by atoms with E-state index >= 15 is 0 Å². The molecule has 3 N–H and O–H groups in total. The number of amides is 1. The molecule has 4 rings (SSSR count). The van der Waals surface area contributed by atoms with Crippen LogP contribution in [0.4, 0.5) is 24.8 Å². The number of aryl methyl sites for hydroxylation is 1. The van der Waals surface area contributed by atoms with Gasteiger partial charge in [-0.15, -0.1) is 11.3 Å². The van der Waals surface area contributed by atoms with Crippen molar-refractivity contribution in [2.75, 3.05) is 5.32 Å². The Kier molecular flexibility index (Phi) is 8.30. The molecule has 0 unspecified atom stereocenters. The Balaban J connectivity index is 1.67. The molecule has 2 atom stereocenters. The number of nitrogens with zero attached hydrogens (tertiary/aromatic N) is 3. The zero-order valence-electron chi connectivity index (χ0n) is 23.3. The lowest BCUT2D eigenvalue weighted by molar-refractivity contribution is -0.223. The van der Waals surface area contributed by atoms with Crippen LogP contribution in [0.25, 0.3) is 10.4 Å². The number of alkyl halides is 3. The first-order valence-corrected chi connectivity index (χ1v) is 13.8. The van der Waals surface area contributed by atoms with Crippen LogP contribution in [-0.4, -0.2) is 39.1 Å². The van der Waals surface area contributed by atoms with Crippen molar-refractivity contribution in [3.05, 3.63) is 47.2 Å². The van der Waals surface area contributed by atoms with E-state index in [2.05, 4.69) is 20.3 Å². The van der Waals surface area contributed by atoms with Crippen LogP contribution in [0.2, 0.25) is 0 Å². The van der Waals surface area contributed by atoms with E-state index in [-0.39, 0.29) is 30.4 Å². The van der Waals surface area contributed by atoms with Gasteiger partial charge in [0.2, 0.25) is 17.7 Å². The van der Waals surface area contributed by atoms with E-state index in [1.54, 1.807) is 32.3 Å². The number of thiazole rings is 1. The fourth-order valence-corrected chi connectivity index (χ4v) is 6.30. The quantitative estimate of drug-likeness (QED) is 0.303. The van der Waals surface area contributed by atoms with Crippen LogP contribution in [0.3, 0.4) is 0 Å². The number of nitrogens with one attached hydrogen (secondary N) is 1. The monoisotopic (exact) mass is 591 g/mol. The molecule has 1 fully saturated rings. The van der Waals surface area contributed by atoms with Crippen molar-refractivity contribution in [1.29, 1.82) is 0 Å². The Labute approximate surface area is 239 Å². The minimum absolute atomic E-state index is 0.0223. The summed E-state index contributed by atoms with van der Waals surface area (Å²) in [5, 5.41) is 3.38. The van der Waals surface area contributed by atoms with Gasteiger partial charge in [0.1, 0.15) is 5.01 Å². The van der Waals surface area contributed by atoms with Gasteiger partial charge < -0.3 is 20.5 Å². The lowest BCUT2D eigenvalue weighted by Crippen LogP contribution is -2.49. The topological polar surface area (TPSA) is 129 Å². The van der Waals surface area contributed by atoms with Gasteiger partial charge in [0.25, 0.3) is 0 Å². The van der Waals surface area contributed by atoms with E-state index in [4.69, 9.17) is 15.2 Å². The Bertz CT molecular complexity index is 1440. The van der Waals surface area contributed by atoms with Gasteiger partial charge in [-0.1, -0.05) is 19.9 Å². The third kappa shape index (κ3) is 6.95. The smallest absolute Gasteiger partial charge is 0.475 e. The number of benzene rings is 1. The minimum Gasteiger partial charge on any atom is -0.475 e. The highest BCUT2D eigenvalue weighted by Gasteiger charge is 2.55. The summed E-state index contributed by atoms with van der Waals surface area (Å²) in [6.45, 7) is 9.14. The Morgan fingerprint density at radius 3 is 2.56 bits per heavy atom. The molecule has 220 valence electrons. The largest absolute Gasteiger partial charge is 0.490 e. The van der Waals surface area contributed by atoms with Gasteiger partial charge in [-0.3, -0.25) is 4.79 Å². The maximum atomic E-state index is 13.3. The zero-order chi connectivity index (χ0) is 30.2. The summed E-state index contributed by atoms with van der Waals surface area (Å²) in [7, 11) is 0. The van der Waals surface area contributed by atoms with Crippen molar-refractivity contribution in [3.63, 3.8) is 0 Å². The van der Waals surface area contributed by atoms with Gasteiger partial charge >= 0.3 is 12.1 Å². The van der Waals surface area contributed by atoms with Gasteiger partial charge in [0.15, 0.2) is 5.60 Å². The average Bonchev–Trinajstić information content (AvgIpc) is 3.33. The molecule has 1 saturated carbocycles. The highest BCUT2D eigenvalue weighted by molar-refractivity contribution is 7.15. The van der Waals surface area contributed by atoms with Gasteiger partial charge in [0, 0.05) is 30.1 Å². The molecule has 1 aromatic carbocycles. The Morgan fingerprint density at radius 2 is 1.93 bits per heavy atom. The number of nitrogens with two attached hydrogens (primary N) is 1. The van der Waals surface area contributed by atoms with E-state index in [9.17, 15) is 22.8 Å². The summed E-state index contributed by atoms with van der Waals surface area (Å²) >= 11 is 1.14. The van der Waals surface area contributed by atoms with Crippen molar-refractivity contribution in [2.24, 2.45) is 17.1 Å². The molecule has 3 aromatic rings. The lowest BCUT2D eigenvalue weighted by atomic mass is 9.63. The molecule has 0 aliphatic heterocycles. The second kappa shape index (κ2) is 11.3. The number of halogens is 3. The number of esters is 1. The van der Waals surface area contributed by atoms with Gasteiger partial charge in [-0.2, -0.15) is 18.2 Å². The molecule has 0 saturated heterocycles. The summed E-state index contributed by atoms with van der Waals surface area (Å²) in [4.78, 5) is 37.8. The predicted octanol–water partition coefficient (Wildman–Crippen LogP) is 6.05. The standard InChI is InChI=1S/C28H32F3N5O4S/c1-15(2)39-21-7-9-33-25(36-21)35-18-11-16(3)10-17(12-18)20-13-34-23(41-20)27(40-24(38)28(29,30)31)8-6-19(22(32)37)26(4,5)14-27/h7,9-13,15,19H,6,8,14H2,1-5H3,(H2,32,37)(H,33,35,36)/t19-,27-/m1/s1.